The van der Waals surface area contributed by atoms with E-state index in [4.69, 9.17) is 10.1 Å². The molecule has 1 atom stereocenters. The first-order valence-corrected chi connectivity index (χ1v) is 9.04. The van der Waals surface area contributed by atoms with Gasteiger partial charge in [-0.2, -0.15) is 5.10 Å². The molecular formula is C20H17FN8. The number of imidazole rings is 1. The van der Waals surface area contributed by atoms with Crippen LogP contribution in [0.25, 0.3) is 5.52 Å². The van der Waals surface area contributed by atoms with Gasteiger partial charge in [0.15, 0.2) is 17.5 Å². The molecule has 0 amide bonds. The van der Waals surface area contributed by atoms with E-state index < -0.39 is 0 Å². The number of rotatable bonds is 5. The van der Waals surface area contributed by atoms with Gasteiger partial charge in [-0.25, -0.2) is 18.9 Å². The highest BCUT2D eigenvalue weighted by molar-refractivity contribution is 5.72. The molecule has 4 heterocycles. The topological polar surface area (TPSA) is 88.7 Å². The number of H-pyrrole nitrogens is 1. The quantitative estimate of drug-likeness (QED) is 0.481. The molecule has 0 saturated heterocycles. The van der Waals surface area contributed by atoms with Gasteiger partial charge < -0.3 is 9.88 Å². The predicted octanol–water partition coefficient (Wildman–Crippen LogP) is 3.48. The maximum absolute atomic E-state index is 13.5. The van der Waals surface area contributed by atoms with Gasteiger partial charge in [-0.15, -0.1) is 5.10 Å². The van der Waals surface area contributed by atoms with Gasteiger partial charge >= 0.3 is 0 Å². The summed E-state index contributed by atoms with van der Waals surface area (Å²) in [4.78, 5) is 8.95. The lowest BCUT2D eigenvalue weighted by molar-refractivity contribution is 0.605. The zero-order valence-corrected chi connectivity index (χ0v) is 15.5. The van der Waals surface area contributed by atoms with Crippen molar-refractivity contribution >= 4 is 17.2 Å². The maximum Gasteiger partial charge on any atom is 0.179 e. The van der Waals surface area contributed by atoms with Crippen LogP contribution in [0.4, 0.5) is 16.0 Å². The zero-order chi connectivity index (χ0) is 19.8. The summed E-state index contributed by atoms with van der Waals surface area (Å²) in [6.07, 6.45) is 7.08. The van der Waals surface area contributed by atoms with Crippen LogP contribution >= 0.6 is 0 Å². The van der Waals surface area contributed by atoms with E-state index in [1.54, 1.807) is 29.2 Å². The average molecular weight is 388 g/mol. The maximum atomic E-state index is 13.5. The Labute approximate surface area is 165 Å². The summed E-state index contributed by atoms with van der Waals surface area (Å²) in [6.45, 7) is 1.93. The van der Waals surface area contributed by atoms with Crippen molar-refractivity contribution in [2.75, 3.05) is 5.32 Å². The van der Waals surface area contributed by atoms with Crippen molar-refractivity contribution in [2.45, 2.75) is 13.0 Å². The molecule has 0 saturated carbocycles. The van der Waals surface area contributed by atoms with E-state index in [-0.39, 0.29) is 11.9 Å². The zero-order valence-electron chi connectivity index (χ0n) is 15.5. The van der Waals surface area contributed by atoms with Gasteiger partial charge in [-0.3, -0.25) is 5.10 Å². The summed E-state index contributed by atoms with van der Waals surface area (Å²) in [6, 6.07) is 11.7. The van der Waals surface area contributed by atoms with Crippen molar-refractivity contribution in [3.8, 4) is 0 Å². The molecule has 1 unspecified atom stereocenters. The third-order valence-corrected chi connectivity index (χ3v) is 4.61. The lowest BCUT2D eigenvalue weighted by Crippen LogP contribution is -2.17. The fourth-order valence-electron chi connectivity index (χ4n) is 3.28. The monoisotopic (exact) mass is 388 g/mol. The second kappa shape index (κ2) is 6.86. The molecule has 2 N–H and O–H groups in total. The SMILES string of the molecule is Cc1cc(Nc2nc(C(c3ccc(F)cc3)n3ccnc3)nn3cccc23)n[nH]1. The van der Waals surface area contributed by atoms with Crippen molar-refractivity contribution in [2.24, 2.45) is 0 Å². The predicted molar refractivity (Wildman–Crippen MR) is 105 cm³/mol. The van der Waals surface area contributed by atoms with Gasteiger partial charge in [0.2, 0.25) is 0 Å². The van der Waals surface area contributed by atoms with Gasteiger partial charge in [0.25, 0.3) is 0 Å². The molecule has 9 heteroatoms. The molecule has 1 aromatic carbocycles. The average Bonchev–Trinajstić information content (AvgIpc) is 3.46. The van der Waals surface area contributed by atoms with Gasteiger partial charge in [0.05, 0.1) is 6.33 Å². The summed E-state index contributed by atoms with van der Waals surface area (Å²) in [7, 11) is 0. The number of aryl methyl sites for hydroxylation is 1. The molecule has 0 fully saturated rings. The molecule has 0 bridgehead atoms. The van der Waals surface area contributed by atoms with Crippen LogP contribution in [0.5, 0.6) is 0 Å². The molecule has 0 aliphatic heterocycles. The normalized spacial score (nSPS) is 12.3. The van der Waals surface area contributed by atoms with E-state index >= 15 is 0 Å². The van der Waals surface area contributed by atoms with E-state index in [0.29, 0.717) is 17.5 Å². The number of nitrogens with one attached hydrogen (secondary N) is 2. The fraction of sp³-hybridized carbons (Fsp3) is 0.100. The molecule has 144 valence electrons. The summed E-state index contributed by atoms with van der Waals surface area (Å²) in [5.41, 5.74) is 2.60. The Kier molecular flexibility index (Phi) is 4.05. The number of halogens is 1. The number of fused-ring (bicyclic) bond motifs is 1. The summed E-state index contributed by atoms with van der Waals surface area (Å²) in [5.74, 6) is 1.53. The molecule has 29 heavy (non-hydrogen) atoms. The van der Waals surface area contributed by atoms with Crippen molar-refractivity contribution < 1.29 is 4.39 Å². The first-order valence-electron chi connectivity index (χ1n) is 9.04. The van der Waals surface area contributed by atoms with Crippen LogP contribution < -0.4 is 5.32 Å². The Bertz CT molecular complexity index is 1250. The number of hydrogen-bond acceptors (Lipinski definition) is 5. The summed E-state index contributed by atoms with van der Waals surface area (Å²) >= 11 is 0. The van der Waals surface area contributed by atoms with Crippen molar-refractivity contribution in [3.05, 3.63) is 90.3 Å². The minimum Gasteiger partial charge on any atom is -0.323 e. The first kappa shape index (κ1) is 17.1. The lowest BCUT2D eigenvalue weighted by atomic mass is 10.1. The Hall–Kier alpha value is -4.01. The van der Waals surface area contributed by atoms with Crippen LogP contribution in [0, 0.1) is 12.7 Å². The molecule has 5 rings (SSSR count). The van der Waals surface area contributed by atoms with Crippen LogP contribution in [0.3, 0.4) is 0 Å². The van der Waals surface area contributed by atoms with E-state index in [1.165, 1.54) is 12.1 Å². The van der Waals surface area contributed by atoms with Crippen molar-refractivity contribution in [1.29, 1.82) is 0 Å². The van der Waals surface area contributed by atoms with Gasteiger partial charge in [-0.1, -0.05) is 12.1 Å². The summed E-state index contributed by atoms with van der Waals surface area (Å²) < 4.78 is 17.1. The molecular weight excluding hydrogens is 371 g/mol. The van der Waals surface area contributed by atoms with Gasteiger partial charge in [0.1, 0.15) is 17.4 Å². The van der Waals surface area contributed by atoms with Crippen LogP contribution in [-0.2, 0) is 0 Å². The number of nitrogens with zero attached hydrogens (tertiary/aromatic N) is 6. The van der Waals surface area contributed by atoms with E-state index in [2.05, 4.69) is 20.5 Å². The van der Waals surface area contributed by atoms with Crippen LogP contribution in [0.1, 0.15) is 23.1 Å². The van der Waals surface area contributed by atoms with E-state index in [0.717, 1.165) is 16.8 Å². The highest BCUT2D eigenvalue weighted by Gasteiger charge is 2.22. The van der Waals surface area contributed by atoms with Crippen molar-refractivity contribution in [3.63, 3.8) is 0 Å². The van der Waals surface area contributed by atoms with Gasteiger partial charge in [-0.05, 0) is 36.8 Å². The van der Waals surface area contributed by atoms with Gasteiger partial charge in [0, 0.05) is 30.4 Å². The lowest BCUT2D eigenvalue weighted by Gasteiger charge is -2.19. The second-order valence-electron chi connectivity index (χ2n) is 6.68. The Morgan fingerprint density at radius 1 is 1.14 bits per heavy atom. The Morgan fingerprint density at radius 3 is 2.72 bits per heavy atom. The minimum atomic E-state index is -0.369. The van der Waals surface area contributed by atoms with E-state index in [9.17, 15) is 4.39 Å². The molecule has 0 spiro atoms. The number of benzene rings is 1. The third-order valence-electron chi connectivity index (χ3n) is 4.61. The Balaban J connectivity index is 1.66. The largest absolute Gasteiger partial charge is 0.323 e. The van der Waals surface area contributed by atoms with E-state index in [1.807, 2.05) is 42.1 Å². The molecule has 4 aromatic heterocycles. The smallest absolute Gasteiger partial charge is 0.179 e. The number of aromatic amines is 1. The molecule has 0 radical (unpaired) electrons. The van der Waals surface area contributed by atoms with Crippen molar-refractivity contribution in [1.82, 2.24) is 34.3 Å². The number of aromatic nitrogens is 7. The fourth-order valence-corrected chi connectivity index (χ4v) is 3.28. The Morgan fingerprint density at radius 2 is 2.00 bits per heavy atom. The van der Waals surface area contributed by atoms with Crippen LogP contribution in [0.2, 0.25) is 0 Å². The molecule has 0 aliphatic rings. The number of anilines is 2. The standard InChI is InChI=1S/C20H17FN8/c1-13-11-17(26-25-13)23-19-16-3-2-9-29(16)27-20(24-19)18(28-10-8-22-12-28)14-4-6-15(21)7-5-14/h2-12,18H,1H3,(H2,23,24,25,26,27). The first-order chi connectivity index (χ1) is 14.2. The highest BCUT2D eigenvalue weighted by Crippen LogP contribution is 2.27. The molecule has 5 aromatic rings. The van der Waals surface area contributed by atoms with Crippen LogP contribution in [-0.4, -0.2) is 34.3 Å². The molecule has 8 nitrogen and oxygen atoms in total. The minimum absolute atomic E-state index is 0.295. The second-order valence-corrected chi connectivity index (χ2v) is 6.68. The molecule has 0 aliphatic carbocycles. The summed E-state index contributed by atoms with van der Waals surface area (Å²) in [5, 5.41) is 15.1. The third kappa shape index (κ3) is 3.22. The highest BCUT2D eigenvalue weighted by atomic mass is 19.1. The van der Waals surface area contributed by atoms with Crippen LogP contribution in [0.15, 0.2) is 67.4 Å². The number of hydrogen-bond donors (Lipinski definition) is 2.